The molecule has 0 heterocycles. The van der Waals surface area contributed by atoms with Crippen LogP contribution >= 0.6 is 0 Å². The third-order valence-corrected chi connectivity index (χ3v) is 2.18. The molecule has 0 aromatic heterocycles. The summed E-state index contributed by atoms with van der Waals surface area (Å²) >= 11 is 0. The smallest absolute Gasteiger partial charge is 0.308 e. The molecule has 0 bridgehead atoms. The second kappa shape index (κ2) is 3.72. The highest BCUT2D eigenvalue weighted by Crippen LogP contribution is 2.24. The van der Waals surface area contributed by atoms with Gasteiger partial charge in [0.15, 0.2) is 0 Å². The summed E-state index contributed by atoms with van der Waals surface area (Å²) in [6, 6.07) is 0. The minimum absolute atomic E-state index is 0.0660. The lowest BCUT2D eigenvalue weighted by molar-refractivity contribution is -0.147. The molecule has 2 atom stereocenters. The normalized spacial score (nSPS) is 31.5. The number of methoxy groups -OCH3 is 1. The van der Waals surface area contributed by atoms with Gasteiger partial charge in [0.25, 0.3) is 0 Å². The molecule has 0 amide bonds. The van der Waals surface area contributed by atoms with Gasteiger partial charge < -0.3 is 9.84 Å². The number of carbonyl (C=O) groups is 1. The second-order valence-electron chi connectivity index (χ2n) is 3.04. The zero-order chi connectivity index (χ0) is 8.27. The summed E-state index contributed by atoms with van der Waals surface area (Å²) in [6.07, 6.45) is 2.90. The fourth-order valence-electron chi connectivity index (χ4n) is 1.54. The number of hydrogen-bond donors (Lipinski definition) is 1. The second-order valence-corrected chi connectivity index (χ2v) is 3.04. The fourth-order valence-corrected chi connectivity index (χ4v) is 1.54. The maximum absolute atomic E-state index is 11.0. The molecule has 0 aromatic carbocycles. The van der Waals surface area contributed by atoms with Crippen molar-refractivity contribution >= 4 is 5.97 Å². The van der Waals surface area contributed by atoms with Crippen LogP contribution in [0.3, 0.4) is 0 Å². The van der Waals surface area contributed by atoms with Crippen molar-refractivity contribution in [1.82, 2.24) is 0 Å². The summed E-state index contributed by atoms with van der Waals surface area (Å²) in [6.45, 7) is 0. The number of carbonyl (C=O) groups excluding carboxylic acids is 1. The van der Waals surface area contributed by atoms with Gasteiger partial charge in [-0.3, -0.25) is 4.79 Å². The molecular formula is C8H14O3. The van der Waals surface area contributed by atoms with Crippen LogP contribution in [0.5, 0.6) is 0 Å². The first-order valence-electron chi connectivity index (χ1n) is 4.00. The molecular weight excluding hydrogens is 144 g/mol. The Morgan fingerprint density at radius 2 is 2.27 bits per heavy atom. The van der Waals surface area contributed by atoms with Gasteiger partial charge in [-0.1, -0.05) is 6.42 Å². The number of rotatable bonds is 1. The molecule has 0 spiro atoms. The van der Waals surface area contributed by atoms with Gasteiger partial charge in [0.05, 0.1) is 19.1 Å². The Morgan fingerprint density at radius 3 is 2.82 bits per heavy atom. The summed E-state index contributed by atoms with van der Waals surface area (Å²) in [5, 5.41) is 9.22. The molecule has 3 nitrogen and oxygen atoms in total. The molecule has 1 aliphatic carbocycles. The summed E-state index contributed by atoms with van der Waals surface area (Å²) in [7, 11) is 1.39. The standard InChI is InChI=1S/C8H14O3/c1-11-8(10)6-3-2-4-7(9)5-6/h6-7,9H,2-5H2,1H3. The van der Waals surface area contributed by atoms with Gasteiger partial charge in [0.2, 0.25) is 0 Å². The first-order chi connectivity index (χ1) is 5.24. The highest BCUT2D eigenvalue weighted by Gasteiger charge is 2.26. The molecule has 1 saturated carbocycles. The zero-order valence-electron chi connectivity index (χ0n) is 6.75. The Morgan fingerprint density at radius 1 is 1.55 bits per heavy atom. The van der Waals surface area contributed by atoms with Crippen LogP contribution in [-0.4, -0.2) is 24.3 Å². The van der Waals surface area contributed by atoms with Crippen LogP contribution in [0.25, 0.3) is 0 Å². The van der Waals surface area contributed by atoms with Crippen LogP contribution in [0.1, 0.15) is 25.7 Å². The first kappa shape index (κ1) is 8.53. The van der Waals surface area contributed by atoms with Crippen LogP contribution in [0.15, 0.2) is 0 Å². The molecule has 64 valence electrons. The largest absolute Gasteiger partial charge is 0.469 e. The molecule has 0 saturated heterocycles. The molecule has 0 aromatic rings. The quantitative estimate of drug-likeness (QED) is 0.572. The number of esters is 1. The monoisotopic (exact) mass is 158 g/mol. The van der Waals surface area contributed by atoms with Gasteiger partial charge in [-0.2, -0.15) is 0 Å². The molecule has 1 fully saturated rings. The lowest BCUT2D eigenvalue weighted by Crippen LogP contribution is -2.26. The summed E-state index contributed by atoms with van der Waals surface area (Å²) < 4.78 is 4.59. The van der Waals surface area contributed by atoms with Crippen LogP contribution in [-0.2, 0) is 9.53 Å². The SMILES string of the molecule is COC(=O)C1CCCC(O)C1. The number of hydrogen-bond acceptors (Lipinski definition) is 3. The van der Waals surface area contributed by atoms with E-state index in [1.165, 1.54) is 7.11 Å². The van der Waals surface area contributed by atoms with E-state index in [0.717, 1.165) is 19.3 Å². The van der Waals surface area contributed by atoms with E-state index < -0.39 is 0 Å². The van der Waals surface area contributed by atoms with Gasteiger partial charge in [0.1, 0.15) is 0 Å². The van der Waals surface area contributed by atoms with E-state index in [2.05, 4.69) is 4.74 Å². The van der Waals surface area contributed by atoms with E-state index >= 15 is 0 Å². The maximum atomic E-state index is 11.0. The van der Waals surface area contributed by atoms with E-state index in [1.54, 1.807) is 0 Å². The Hall–Kier alpha value is -0.570. The first-order valence-corrected chi connectivity index (χ1v) is 4.00. The molecule has 0 radical (unpaired) electrons. The van der Waals surface area contributed by atoms with Gasteiger partial charge in [-0.05, 0) is 19.3 Å². The van der Waals surface area contributed by atoms with E-state index in [4.69, 9.17) is 0 Å². The highest BCUT2D eigenvalue weighted by atomic mass is 16.5. The predicted molar refractivity (Wildman–Crippen MR) is 40.0 cm³/mol. The molecule has 2 unspecified atom stereocenters. The van der Waals surface area contributed by atoms with Crippen molar-refractivity contribution in [3.63, 3.8) is 0 Å². The Bertz CT molecular complexity index is 144. The molecule has 0 aliphatic heterocycles. The van der Waals surface area contributed by atoms with Crippen LogP contribution in [0.2, 0.25) is 0 Å². The third-order valence-electron chi connectivity index (χ3n) is 2.18. The van der Waals surface area contributed by atoms with E-state index in [0.29, 0.717) is 6.42 Å². The number of ether oxygens (including phenoxy) is 1. The third kappa shape index (κ3) is 2.19. The van der Waals surface area contributed by atoms with Gasteiger partial charge in [-0.15, -0.1) is 0 Å². The molecule has 11 heavy (non-hydrogen) atoms. The van der Waals surface area contributed by atoms with Crippen molar-refractivity contribution < 1.29 is 14.6 Å². The van der Waals surface area contributed by atoms with E-state index in [1.807, 2.05) is 0 Å². The Kier molecular flexibility index (Phi) is 2.88. The van der Waals surface area contributed by atoms with Gasteiger partial charge in [-0.25, -0.2) is 0 Å². The van der Waals surface area contributed by atoms with Crippen LogP contribution in [0.4, 0.5) is 0 Å². The number of aliphatic hydroxyl groups is 1. The molecule has 1 aliphatic rings. The van der Waals surface area contributed by atoms with E-state index in [9.17, 15) is 9.90 Å². The van der Waals surface area contributed by atoms with Crippen molar-refractivity contribution in [3.8, 4) is 0 Å². The van der Waals surface area contributed by atoms with Crippen LogP contribution in [0, 0.1) is 5.92 Å². The minimum Gasteiger partial charge on any atom is -0.469 e. The van der Waals surface area contributed by atoms with Crippen molar-refractivity contribution in [2.24, 2.45) is 5.92 Å². The Labute approximate surface area is 66.4 Å². The van der Waals surface area contributed by atoms with Crippen molar-refractivity contribution in [2.45, 2.75) is 31.8 Å². The Balaban J connectivity index is 2.39. The van der Waals surface area contributed by atoms with Crippen molar-refractivity contribution in [3.05, 3.63) is 0 Å². The van der Waals surface area contributed by atoms with Gasteiger partial charge >= 0.3 is 5.97 Å². The minimum atomic E-state index is -0.298. The lowest BCUT2D eigenvalue weighted by atomic mass is 9.87. The average molecular weight is 158 g/mol. The predicted octanol–water partition coefficient (Wildman–Crippen LogP) is 0.710. The molecule has 3 heteroatoms. The average Bonchev–Trinajstić information content (AvgIpc) is 2.03. The summed E-state index contributed by atoms with van der Waals surface area (Å²) in [5.41, 5.74) is 0. The maximum Gasteiger partial charge on any atom is 0.308 e. The summed E-state index contributed by atoms with van der Waals surface area (Å²) in [4.78, 5) is 11.0. The lowest BCUT2D eigenvalue weighted by Gasteiger charge is -2.23. The fraction of sp³-hybridized carbons (Fsp3) is 0.875. The molecule has 1 N–H and O–H groups in total. The zero-order valence-corrected chi connectivity index (χ0v) is 6.75. The highest BCUT2D eigenvalue weighted by molar-refractivity contribution is 5.72. The van der Waals surface area contributed by atoms with Crippen LogP contribution < -0.4 is 0 Å². The van der Waals surface area contributed by atoms with Gasteiger partial charge in [0, 0.05) is 0 Å². The van der Waals surface area contributed by atoms with E-state index in [-0.39, 0.29) is 18.0 Å². The number of aliphatic hydroxyl groups excluding tert-OH is 1. The van der Waals surface area contributed by atoms with Crippen molar-refractivity contribution in [1.29, 1.82) is 0 Å². The molecule has 1 rings (SSSR count). The van der Waals surface area contributed by atoms with Crippen molar-refractivity contribution in [2.75, 3.05) is 7.11 Å². The summed E-state index contributed by atoms with van der Waals surface area (Å²) in [5.74, 6) is -0.243. The topological polar surface area (TPSA) is 46.5 Å².